The minimum Gasteiger partial charge on any atom is -0.345 e. The quantitative estimate of drug-likeness (QED) is 0.727. The summed E-state index contributed by atoms with van der Waals surface area (Å²) < 4.78 is 27.1. The van der Waals surface area contributed by atoms with Crippen LogP contribution in [0.2, 0.25) is 0 Å². The Morgan fingerprint density at radius 3 is 2.65 bits per heavy atom. The van der Waals surface area contributed by atoms with Crippen LogP contribution in [0.5, 0.6) is 0 Å². The van der Waals surface area contributed by atoms with Crippen LogP contribution in [0.1, 0.15) is 53.3 Å². The number of carbonyl (C=O) groups is 1. The van der Waals surface area contributed by atoms with Crippen LogP contribution in [0.3, 0.4) is 0 Å². The summed E-state index contributed by atoms with van der Waals surface area (Å²) in [5.74, 6) is -1.19. The van der Waals surface area contributed by atoms with Gasteiger partial charge in [-0.2, -0.15) is 0 Å². The van der Waals surface area contributed by atoms with E-state index in [9.17, 15) is 13.6 Å². The monoisotopic (exact) mass is 352 g/mol. The molecule has 1 heterocycles. The van der Waals surface area contributed by atoms with Crippen LogP contribution in [0.4, 0.5) is 8.78 Å². The first-order valence-electron chi connectivity index (χ1n) is 8.68. The van der Waals surface area contributed by atoms with Crippen LogP contribution in [-0.4, -0.2) is 10.9 Å². The van der Waals surface area contributed by atoms with Crippen molar-refractivity contribution in [3.63, 3.8) is 0 Å². The summed E-state index contributed by atoms with van der Waals surface area (Å²) >= 11 is 0. The number of pyridine rings is 1. The first kappa shape index (κ1) is 16.6. The molecule has 3 nitrogen and oxygen atoms in total. The molecule has 1 saturated carbocycles. The molecule has 3 aromatic rings. The maximum Gasteiger partial charge on any atom is 0.252 e. The van der Waals surface area contributed by atoms with E-state index < -0.39 is 17.7 Å². The highest BCUT2D eigenvalue weighted by Crippen LogP contribution is 2.40. The molecule has 0 saturated heterocycles. The smallest absolute Gasteiger partial charge is 0.252 e. The topological polar surface area (TPSA) is 42.0 Å². The van der Waals surface area contributed by atoms with Gasteiger partial charge < -0.3 is 5.32 Å². The van der Waals surface area contributed by atoms with Crippen LogP contribution in [0.15, 0.2) is 48.5 Å². The Kier molecular flexibility index (Phi) is 4.15. The highest BCUT2D eigenvalue weighted by molar-refractivity contribution is 6.06. The summed E-state index contributed by atoms with van der Waals surface area (Å²) in [4.78, 5) is 17.5. The van der Waals surface area contributed by atoms with Gasteiger partial charge in [-0.25, -0.2) is 8.78 Å². The van der Waals surface area contributed by atoms with Crippen molar-refractivity contribution >= 4 is 16.8 Å². The van der Waals surface area contributed by atoms with Crippen molar-refractivity contribution in [2.75, 3.05) is 0 Å². The molecule has 1 atom stereocenters. The molecule has 5 heteroatoms. The molecular weight excluding hydrogens is 334 g/mol. The summed E-state index contributed by atoms with van der Waals surface area (Å²) in [7, 11) is 0. The van der Waals surface area contributed by atoms with Gasteiger partial charge in [0, 0.05) is 28.6 Å². The van der Waals surface area contributed by atoms with E-state index in [1.165, 1.54) is 12.1 Å². The van der Waals surface area contributed by atoms with E-state index in [0.29, 0.717) is 11.5 Å². The maximum absolute atomic E-state index is 14.0. The highest BCUT2D eigenvalue weighted by Gasteiger charge is 2.27. The first-order valence-corrected chi connectivity index (χ1v) is 8.68. The molecule has 1 unspecified atom stereocenters. The average Bonchev–Trinajstić information content (AvgIpc) is 3.45. The fourth-order valence-electron chi connectivity index (χ4n) is 3.18. The molecule has 26 heavy (non-hydrogen) atoms. The second-order valence-corrected chi connectivity index (χ2v) is 6.75. The number of hydrogen-bond donors (Lipinski definition) is 1. The van der Waals surface area contributed by atoms with Gasteiger partial charge in [0.05, 0.1) is 17.1 Å². The van der Waals surface area contributed by atoms with Gasteiger partial charge in [-0.3, -0.25) is 9.78 Å². The molecule has 0 bridgehead atoms. The van der Waals surface area contributed by atoms with Gasteiger partial charge in [0.15, 0.2) is 0 Å². The normalized spacial score (nSPS) is 15.0. The number of nitrogens with one attached hydrogen (secondary N) is 1. The fourth-order valence-corrected chi connectivity index (χ4v) is 3.18. The average molecular weight is 352 g/mol. The molecule has 1 aromatic heterocycles. The van der Waals surface area contributed by atoms with Crippen LogP contribution in [-0.2, 0) is 0 Å². The van der Waals surface area contributed by atoms with E-state index in [2.05, 4.69) is 10.3 Å². The van der Waals surface area contributed by atoms with E-state index in [0.717, 1.165) is 35.5 Å². The molecule has 0 aliphatic heterocycles. The lowest BCUT2D eigenvalue weighted by molar-refractivity contribution is 0.0941. The predicted octanol–water partition coefficient (Wildman–Crippen LogP) is 4.88. The second-order valence-electron chi connectivity index (χ2n) is 6.75. The summed E-state index contributed by atoms with van der Waals surface area (Å²) in [5, 5.41) is 3.59. The zero-order valence-electron chi connectivity index (χ0n) is 14.3. The Morgan fingerprint density at radius 1 is 1.15 bits per heavy atom. The summed E-state index contributed by atoms with van der Waals surface area (Å²) in [5.41, 5.74) is 2.49. The third kappa shape index (κ3) is 3.17. The van der Waals surface area contributed by atoms with E-state index in [4.69, 9.17) is 0 Å². The number of carbonyl (C=O) groups excluding carboxylic acids is 1. The van der Waals surface area contributed by atoms with Crippen molar-refractivity contribution < 1.29 is 13.6 Å². The lowest BCUT2D eigenvalue weighted by Gasteiger charge is -2.16. The van der Waals surface area contributed by atoms with Gasteiger partial charge in [0.25, 0.3) is 5.91 Å². The second kappa shape index (κ2) is 6.48. The zero-order valence-corrected chi connectivity index (χ0v) is 14.3. The largest absolute Gasteiger partial charge is 0.345 e. The Morgan fingerprint density at radius 2 is 1.92 bits per heavy atom. The minimum atomic E-state index is -0.670. The van der Waals surface area contributed by atoms with Crippen molar-refractivity contribution in [1.82, 2.24) is 10.3 Å². The number of halogens is 2. The van der Waals surface area contributed by atoms with E-state index in [1.54, 1.807) is 6.92 Å². The molecular formula is C21H18F2N2O. The number of nitrogens with zero attached hydrogens (tertiary/aromatic N) is 1. The van der Waals surface area contributed by atoms with E-state index in [1.807, 2.05) is 30.3 Å². The molecule has 1 amide bonds. The van der Waals surface area contributed by atoms with E-state index in [-0.39, 0.29) is 11.5 Å². The lowest BCUT2D eigenvalue weighted by Crippen LogP contribution is -2.27. The molecule has 2 aromatic carbocycles. The number of fused-ring (bicyclic) bond motifs is 1. The van der Waals surface area contributed by atoms with E-state index >= 15 is 0 Å². The molecule has 0 radical (unpaired) electrons. The van der Waals surface area contributed by atoms with Crippen LogP contribution >= 0.6 is 0 Å². The number of rotatable bonds is 4. The van der Waals surface area contributed by atoms with Gasteiger partial charge in [-0.1, -0.05) is 24.3 Å². The summed E-state index contributed by atoms with van der Waals surface area (Å²) in [6, 6.07) is 12.1. The lowest BCUT2D eigenvalue weighted by atomic mass is 10.0. The van der Waals surface area contributed by atoms with Gasteiger partial charge in [0.1, 0.15) is 11.6 Å². The number of aromatic nitrogens is 1. The van der Waals surface area contributed by atoms with Crippen molar-refractivity contribution in [3.05, 3.63) is 77.0 Å². The van der Waals surface area contributed by atoms with Crippen molar-refractivity contribution in [1.29, 1.82) is 0 Å². The Balaban J connectivity index is 1.67. The van der Waals surface area contributed by atoms with Crippen LogP contribution < -0.4 is 5.32 Å². The van der Waals surface area contributed by atoms with Crippen LogP contribution in [0.25, 0.3) is 10.9 Å². The zero-order chi connectivity index (χ0) is 18.3. The highest BCUT2D eigenvalue weighted by atomic mass is 19.1. The Hall–Kier alpha value is -2.82. The van der Waals surface area contributed by atoms with Gasteiger partial charge in [0.2, 0.25) is 0 Å². The number of amides is 1. The summed E-state index contributed by atoms with van der Waals surface area (Å²) in [6.45, 7) is 1.68. The van der Waals surface area contributed by atoms with Gasteiger partial charge >= 0.3 is 0 Å². The molecule has 0 spiro atoms. The standard InChI is InChI=1S/C21H18F2N2O/c1-12(15-9-8-14(22)10-18(15)23)24-21(26)17-11-20(13-6-7-13)25-19-5-3-2-4-16(17)19/h2-5,8-13H,6-7H2,1H3,(H,24,26). The Bertz CT molecular complexity index is 998. The Labute approximate surface area is 150 Å². The number of benzene rings is 2. The van der Waals surface area contributed by atoms with Crippen molar-refractivity contribution in [3.8, 4) is 0 Å². The summed E-state index contributed by atoms with van der Waals surface area (Å²) in [6.07, 6.45) is 2.17. The minimum absolute atomic E-state index is 0.250. The first-order chi connectivity index (χ1) is 12.5. The number of para-hydroxylation sites is 1. The van der Waals surface area contributed by atoms with Crippen molar-refractivity contribution in [2.45, 2.75) is 31.7 Å². The third-order valence-corrected chi connectivity index (χ3v) is 4.75. The molecule has 4 rings (SSSR count). The molecule has 1 aliphatic rings. The van der Waals surface area contributed by atoms with Crippen molar-refractivity contribution in [2.24, 2.45) is 0 Å². The fraction of sp³-hybridized carbons (Fsp3) is 0.238. The molecule has 1 fully saturated rings. The SMILES string of the molecule is CC(NC(=O)c1cc(C2CC2)nc2ccccc12)c1ccc(F)cc1F. The molecule has 132 valence electrons. The predicted molar refractivity (Wildman–Crippen MR) is 96.0 cm³/mol. The third-order valence-electron chi connectivity index (χ3n) is 4.75. The maximum atomic E-state index is 14.0. The van der Waals surface area contributed by atoms with Gasteiger partial charge in [-0.15, -0.1) is 0 Å². The van der Waals surface area contributed by atoms with Gasteiger partial charge in [-0.05, 0) is 38.0 Å². The molecule has 1 aliphatic carbocycles. The number of hydrogen-bond acceptors (Lipinski definition) is 2. The van der Waals surface area contributed by atoms with Crippen LogP contribution in [0, 0.1) is 11.6 Å². The molecule has 1 N–H and O–H groups in total.